The van der Waals surface area contributed by atoms with Crippen LogP contribution in [0.4, 0.5) is 5.69 Å². The van der Waals surface area contributed by atoms with Crippen molar-refractivity contribution in [3.8, 4) is 5.75 Å². The van der Waals surface area contributed by atoms with Gasteiger partial charge in [-0.05, 0) is 68.7 Å². The van der Waals surface area contributed by atoms with Crippen molar-refractivity contribution < 1.29 is 19.1 Å². The summed E-state index contributed by atoms with van der Waals surface area (Å²) in [6.07, 6.45) is 1.40. The van der Waals surface area contributed by atoms with Gasteiger partial charge in [0.2, 0.25) is 0 Å². The predicted octanol–water partition coefficient (Wildman–Crippen LogP) is 2.22. The number of ether oxygens (including phenoxy) is 1. The third-order valence-electron chi connectivity index (χ3n) is 4.11. The first-order valence-electron chi connectivity index (χ1n) is 9.52. The fourth-order valence-electron chi connectivity index (χ4n) is 2.81. The maximum Gasteiger partial charge on any atom is 0.329 e. The highest BCUT2D eigenvalue weighted by atomic mass is 16.5. The Hall–Kier alpha value is -3.68. The van der Waals surface area contributed by atoms with Crippen molar-refractivity contribution in [1.82, 2.24) is 10.7 Å². The van der Waals surface area contributed by atoms with Crippen molar-refractivity contribution in [3.05, 3.63) is 58.7 Å². The molecule has 158 valence electrons. The average Bonchev–Trinajstić information content (AvgIpc) is 2.70. The number of rotatable bonds is 7. The van der Waals surface area contributed by atoms with Gasteiger partial charge in [0.05, 0.1) is 6.21 Å². The zero-order valence-corrected chi connectivity index (χ0v) is 17.5. The fourth-order valence-corrected chi connectivity index (χ4v) is 2.81. The predicted molar refractivity (Wildman–Crippen MR) is 116 cm³/mol. The van der Waals surface area contributed by atoms with Crippen molar-refractivity contribution in [3.63, 3.8) is 0 Å². The number of nitrogens with one attached hydrogen (secondary N) is 3. The summed E-state index contributed by atoms with van der Waals surface area (Å²) in [7, 11) is 0. The number of nitrogens with zero attached hydrogens (tertiary/aromatic N) is 1. The molecule has 2 aromatic carbocycles. The lowest BCUT2D eigenvalue weighted by Crippen LogP contribution is -2.37. The monoisotopic (exact) mass is 410 g/mol. The summed E-state index contributed by atoms with van der Waals surface area (Å²) >= 11 is 0. The third kappa shape index (κ3) is 6.73. The van der Waals surface area contributed by atoms with Gasteiger partial charge in [-0.2, -0.15) is 5.10 Å². The minimum atomic E-state index is -0.835. The summed E-state index contributed by atoms with van der Waals surface area (Å²) in [5.41, 5.74) is 6.78. The first kappa shape index (κ1) is 22.6. The van der Waals surface area contributed by atoms with E-state index in [1.807, 2.05) is 32.9 Å². The molecular formula is C22H26N4O4. The largest absolute Gasteiger partial charge is 0.484 e. The number of likely N-dealkylation sites (N-methyl/N-ethyl adjacent to an activating group) is 1. The third-order valence-corrected chi connectivity index (χ3v) is 4.11. The SMILES string of the molecule is CCNC(=O)C(=O)N/N=C\c1ccc(OCC(=O)Nc2c(C)cc(C)cc2C)cc1. The van der Waals surface area contributed by atoms with E-state index in [1.54, 1.807) is 31.2 Å². The Labute approximate surface area is 175 Å². The second kappa shape index (κ2) is 10.8. The number of hydrazone groups is 1. The van der Waals surface area contributed by atoms with E-state index in [2.05, 4.69) is 21.2 Å². The van der Waals surface area contributed by atoms with E-state index >= 15 is 0 Å². The molecule has 0 aromatic heterocycles. The Bertz CT molecular complexity index is 929. The van der Waals surface area contributed by atoms with Crippen LogP contribution in [0.1, 0.15) is 29.2 Å². The summed E-state index contributed by atoms with van der Waals surface area (Å²) in [5.74, 6) is -1.31. The van der Waals surface area contributed by atoms with E-state index in [0.29, 0.717) is 17.9 Å². The number of aryl methyl sites for hydroxylation is 3. The summed E-state index contributed by atoms with van der Waals surface area (Å²) in [4.78, 5) is 34.9. The number of amides is 3. The highest BCUT2D eigenvalue weighted by molar-refractivity contribution is 6.35. The number of carbonyl (C=O) groups excluding carboxylic acids is 3. The molecular weight excluding hydrogens is 384 g/mol. The lowest BCUT2D eigenvalue weighted by atomic mass is 10.1. The van der Waals surface area contributed by atoms with Crippen LogP contribution in [-0.2, 0) is 14.4 Å². The Morgan fingerprint density at radius 3 is 2.23 bits per heavy atom. The Morgan fingerprint density at radius 2 is 1.63 bits per heavy atom. The average molecular weight is 410 g/mol. The van der Waals surface area contributed by atoms with Crippen LogP contribution < -0.4 is 20.8 Å². The summed E-state index contributed by atoms with van der Waals surface area (Å²) in [6.45, 7) is 7.87. The van der Waals surface area contributed by atoms with Crippen LogP contribution in [0.15, 0.2) is 41.5 Å². The Morgan fingerprint density at radius 1 is 1.00 bits per heavy atom. The maximum atomic E-state index is 12.2. The van der Waals surface area contributed by atoms with Gasteiger partial charge in [0, 0.05) is 12.2 Å². The summed E-state index contributed by atoms with van der Waals surface area (Å²) < 4.78 is 5.52. The van der Waals surface area contributed by atoms with Gasteiger partial charge in [-0.15, -0.1) is 0 Å². The van der Waals surface area contributed by atoms with Gasteiger partial charge >= 0.3 is 11.8 Å². The second-order valence-electron chi connectivity index (χ2n) is 6.74. The molecule has 3 amide bonds. The zero-order valence-electron chi connectivity index (χ0n) is 17.5. The highest BCUT2D eigenvalue weighted by Crippen LogP contribution is 2.22. The van der Waals surface area contributed by atoms with E-state index in [1.165, 1.54) is 6.21 Å². The first-order chi connectivity index (χ1) is 14.3. The Kier molecular flexibility index (Phi) is 8.10. The molecule has 30 heavy (non-hydrogen) atoms. The zero-order chi connectivity index (χ0) is 22.1. The van der Waals surface area contributed by atoms with E-state index in [4.69, 9.17) is 4.74 Å². The molecule has 0 atom stereocenters. The van der Waals surface area contributed by atoms with Crippen LogP contribution in [0.25, 0.3) is 0 Å². The lowest BCUT2D eigenvalue weighted by Gasteiger charge is -2.13. The Balaban J connectivity index is 1.84. The quantitative estimate of drug-likeness (QED) is 0.369. The second-order valence-corrected chi connectivity index (χ2v) is 6.74. The lowest BCUT2D eigenvalue weighted by molar-refractivity contribution is -0.139. The molecule has 0 fully saturated rings. The molecule has 8 nitrogen and oxygen atoms in total. The number of hydrogen-bond acceptors (Lipinski definition) is 5. The normalized spacial score (nSPS) is 10.5. The molecule has 0 radical (unpaired) electrons. The van der Waals surface area contributed by atoms with Gasteiger partial charge < -0.3 is 15.4 Å². The molecule has 2 rings (SSSR count). The molecule has 0 spiro atoms. The molecule has 2 aromatic rings. The van der Waals surface area contributed by atoms with Gasteiger partial charge in [0.1, 0.15) is 5.75 Å². The van der Waals surface area contributed by atoms with Crippen molar-refractivity contribution in [2.75, 3.05) is 18.5 Å². The van der Waals surface area contributed by atoms with Gasteiger partial charge in [-0.3, -0.25) is 14.4 Å². The van der Waals surface area contributed by atoms with E-state index < -0.39 is 11.8 Å². The van der Waals surface area contributed by atoms with Crippen LogP contribution in [0.2, 0.25) is 0 Å². The van der Waals surface area contributed by atoms with Crippen LogP contribution in [0, 0.1) is 20.8 Å². The van der Waals surface area contributed by atoms with Crippen LogP contribution in [-0.4, -0.2) is 37.1 Å². The molecule has 0 aliphatic heterocycles. The topological polar surface area (TPSA) is 109 Å². The fraction of sp³-hybridized carbons (Fsp3) is 0.273. The molecule has 0 unspecified atom stereocenters. The van der Waals surface area contributed by atoms with Crippen LogP contribution in [0.3, 0.4) is 0 Å². The van der Waals surface area contributed by atoms with Gasteiger partial charge in [-0.25, -0.2) is 5.43 Å². The first-order valence-corrected chi connectivity index (χ1v) is 9.52. The molecule has 0 saturated heterocycles. The smallest absolute Gasteiger partial charge is 0.329 e. The summed E-state index contributed by atoms with van der Waals surface area (Å²) in [6, 6.07) is 10.8. The number of hydrogen-bond donors (Lipinski definition) is 3. The molecule has 0 saturated carbocycles. The number of anilines is 1. The van der Waals surface area contributed by atoms with E-state index in [9.17, 15) is 14.4 Å². The highest BCUT2D eigenvalue weighted by Gasteiger charge is 2.10. The van der Waals surface area contributed by atoms with Crippen molar-refractivity contribution in [1.29, 1.82) is 0 Å². The minimum Gasteiger partial charge on any atom is -0.484 e. The molecule has 8 heteroatoms. The number of carbonyl (C=O) groups is 3. The maximum absolute atomic E-state index is 12.2. The minimum absolute atomic E-state index is 0.122. The van der Waals surface area contributed by atoms with Gasteiger partial charge in [-0.1, -0.05) is 17.7 Å². The summed E-state index contributed by atoms with van der Waals surface area (Å²) in [5, 5.41) is 8.99. The van der Waals surface area contributed by atoms with Crippen LogP contribution in [0.5, 0.6) is 5.75 Å². The standard InChI is InChI=1S/C22H26N4O4/c1-5-23-21(28)22(29)26-24-12-17-6-8-18(9-7-17)30-13-19(27)25-20-15(3)10-14(2)11-16(20)4/h6-12H,5,13H2,1-4H3,(H,23,28)(H,25,27)(H,26,29)/b24-12-. The molecule has 3 N–H and O–H groups in total. The van der Waals surface area contributed by atoms with Gasteiger partial charge in [0.25, 0.3) is 5.91 Å². The van der Waals surface area contributed by atoms with Crippen LogP contribution >= 0.6 is 0 Å². The van der Waals surface area contributed by atoms with Gasteiger partial charge in [0.15, 0.2) is 6.61 Å². The van der Waals surface area contributed by atoms with E-state index in [0.717, 1.165) is 22.4 Å². The van der Waals surface area contributed by atoms with Crippen molar-refractivity contribution >= 4 is 29.6 Å². The van der Waals surface area contributed by atoms with Crippen molar-refractivity contribution in [2.45, 2.75) is 27.7 Å². The molecule has 0 bridgehead atoms. The molecule has 0 aliphatic rings. The molecule has 0 heterocycles. The van der Waals surface area contributed by atoms with Crippen molar-refractivity contribution in [2.24, 2.45) is 5.10 Å². The molecule has 0 aliphatic carbocycles. The van der Waals surface area contributed by atoms with E-state index in [-0.39, 0.29) is 12.5 Å². The number of benzene rings is 2.